The van der Waals surface area contributed by atoms with Gasteiger partial charge >= 0.3 is 0 Å². The Bertz CT molecular complexity index is 405. The van der Waals surface area contributed by atoms with Gasteiger partial charge in [-0.3, -0.25) is 0 Å². The summed E-state index contributed by atoms with van der Waals surface area (Å²) in [7, 11) is 1.68. The molecule has 0 aromatic heterocycles. The van der Waals surface area contributed by atoms with Gasteiger partial charge in [-0.25, -0.2) is 0 Å². The predicted molar refractivity (Wildman–Crippen MR) is 77.9 cm³/mol. The van der Waals surface area contributed by atoms with Gasteiger partial charge in [-0.1, -0.05) is 37.5 Å². The lowest BCUT2D eigenvalue weighted by atomic mass is 9.96. The first-order chi connectivity index (χ1) is 8.81. The molecule has 0 aliphatic carbocycles. The fraction of sp³-hybridized carbons (Fsp3) is 0.412. The zero-order chi connectivity index (χ0) is 13.2. The molecule has 96 valence electrons. The average Bonchev–Trinajstić information content (AvgIpc) is 2.42. The smallest absolute Gasteiger partial charge is 0.118 e. The maximum absolute atomic E-state index is 5.17. The summed E-state index contributed by atoms with van der Waals surface area (Å²) in [5.74, 6) is 7.76. The van der Waals surface area contributed by atoms with Crippen LogP contribution in [0.4, 0.5) is 0 Å². The van der Waals surface area contributed by atoms with E-state index in [1.165, 1.54) is 18.4 Å². The molecule has 1 aromatic rings. The molecule has 0 spiro atoms. The summed E-state index contributed by atoms with van der Waals surface area (Å²) in [5.41, 5.74) is 1.24. The highest BCUT2D eigenvalue weighted by atomic mass is 16.5. The lowest BCUT2D eigenvalue weighted by Gasteiger charge is -2.09. The van der Waals surface area contributed by atoms with Gasteiger partial charge in [0.1, 0.15) is 5.75 Å². The molecule has 0 fully saturated rings. The second-order valence-corrected chi connectivity index (χ2v) is 4.27. The Morgan fingerprint density at radius 3 is 2.61 bits per heavy atom. The number of benzene rings is 1. The molecule has 0 bridgehead atoms. The zero-order valence-electron chi connectivity index (χ0n) is 11.4. The molecule has 0 N–H and O–H groups in total. The minimum absolute atomic E-state index is 0.255. The molecule has 1 aromatic carbocycles. The average molecular weight is 242 g/mol. The normalized spacial score (nSPS) is 11.2. The van der Waals surface area contributed by atoms with Crippen molar-refractivity contribution in [3.05, 3.63) is 42.5 Å². The highest BCUT2D eigenvalue weighted by Gasteiger charge is 2.06. The van der Waals surface area contributed by atoms with Crippen LogP contribution < -0.4 is 4.74 Å². The summed E-state index contributed by atoms with van der Waals surface area (Å²) in [4.78, 5) is 0. The first kappa shape index (κ1) is 14.4. The number of ether oxygens (including phenoxy) is 1. The Kier molecular flexibility index (Phi) is 6.72. The van der Waals surface area contributed by atoms with Crippen LogP contribution in [0.25, 0.3) is 0 Å². The molecule has 1 atom stereocenters. The van der Waals surface area contributed by atoms with E-state index in [-0.39, 0.29) is 5.92 Å². The fourth-order valence-electron chi connectivity index (χ4n) is 1.74. The van der Waals surface area contributed by atoms with Crippen molar-refractivity contribution in [1.82, 2.24) is 0 Å². The van der Waals surface area contributed by atoms with Crippen LogP contribution in [0.3, 0.4) is 0 Å². The van der Waals surface area contributed by atoms with Gasteiger partial charge in [0.25, 0.3) is 0 Å². The quantitative estimate of drug-likeness (QED) is 0.404. The Morgan fingerprint density at radius 1 is 1.33 bits per heavy atom. The maximum Gasteiger partial charge on any atom is 0.118 e. The molecule has 0 aliphatic rings. The summed E-state index contributed by atoms with van der Waals surface area (Å²) in [5, 5.41) is 0. The van der Waals surface area contributed by atoms with E-state index in [9.17, 15) is 0 Å². The summed E-state index contributed by atoms with van der Waals surface area (Å²) in [6.45, 7) is 6.00. The Hall–Kier alpha value is -1.68. The monoisotopic (exact) mass is 242 g/mol. The van der Waals surface area contributed by atoms with Crippen molar-refractivity contribution in [2.75, 3.05) is 7.11 Å². The summed E-state index contributed by atoms with van der Waals surface area (Å²) >= 11 is 0. The molecule has 0 saturated heterocycles. The third-order valence-corrected chi connectivity index (χ3v) is 2.85. The lowest BCUT2D eigenvalue weighted by Crippen LogP contribution is -1.94. The first-order valence-electron chi connectivity index (χ1n) is 6.55. The molecular formula is C17H22O. The highest BCUT2D eigenvalue weighted by Crippen LogP contribution is 2.22. The second kappa shape index (κ2) is 8.42. The Morgan fingerprint density at radius 2 is 2.06 bits per heavy atom. The predicted octanol–water partition coefficient (Wildman–Crippen LogP) is 4.55. The van der Waals surface area contributed by atoms with Gasteiger partial charge in [0.2, 0.25) is 0 Å². The standard InChI is InChI=1S/C17H22O/c1-4-6-7-8-10-15(9-5-2)16-11-13-17(18-3)14-12-16/h5,11-15H,2,4,6-7,9H2,1,3H3. The minimum Gasteiger partial charge on any atom is -0.497 e. The van der Waals surface area contributed by atoms with Crippen molar-refractivity contribution >= 4 is 0 Å². The number of rotatable bonds is 6. The van der Waals surface area contributed by atoms with Crippen molar-refractivity contribution in [1.29, 1.82) is 0 Å². The van der Waals surface area contributed by atoms with Crippen LogP contribution >= 0.6 is 0 Å². The van der Waals surface area contributed by atoms with E-state index in [0.29, 0.717) is 0 Å². The van der Waals surface area contributed by atoms with Crippen LogP contribution in [-0.2, 0) is 0 Å². The Balaban J connectivity index is 2.74. The van der Waals surface area contributed by atoms with Gasteiger partial charge in [-0.05, 0) is 30.5 Å². The maximum atomic E-state index is 5.17. The zero-order valence-corrected chi connectivity index (χ0v) is 11.4. The van der Waals surface area contributed by atoms with Crippen LogP contribution in [0.1, 0.15) is 44.1 Å². The van der Waals surface area contributed by atoms with E-state index in [0.717, 1.165) is 18.6 Å². The molecule has 0 amide bonds. The van der Waals surface area contributed by atoms with E-state index in [4.69, 9.17) is 4.74 Å². The summed E-state index contributed by atoms with van der Waals surface area (Å²) in [6, 6.07) is 8.14. The minimum atomic E-state index is 0.255. The molecule has 1 nitrogen and oxygen atoms in total. The first-order valence-corrected chi connectivity index (χ1v) is 6.55. The number of hydrogen-bond acceptors (Lipinski definition) is 1. The molecule has 0 radical (unpaired) electrons. The molecule has 18 heavy (non-hydrogen) atoms. The van der Waals surface area contributed by atoms with Crippen LogP contribution in [0.15, 0.2) is 36.9 Å². The van der Waals surface area contributed by atoms with Gasteiger partial charge in [0.15, 0.2) is 0 Å². The van der Waals surface area contributed by atoms with Crippen LogP contribution in [0.5, 0.6) is 5.75 Å². The van der Waals surface area contributed by atoms with Gasteiger partial charge in [-0.2, -0.15) is 0 Å². The number of methoxy groups -OCH3 is 1. The Labute approximate surface area is 111 Å². The third-order valence-electron chi connectivity index (χ3n) is 2.85. The van der Waals surface area contributed by atoms with Gasteiger partial charge in [-0.15, -0.1) is 12.5 Å². The van der Waals surface area contributed by atoms with E-state index >= 15 is 0 Å². The topological polar surface area (TPSA) is 9.23 Å². The lowest BCUT2D eigenvalue weighted by molar-refractivity contribution is 0.414. The summed E-state index contributed by atoms with van der Waals surface area (Å²) in [6.07, 6.45) is 6.19. The van der Waals surface area contributed by atoms with E-state index in [2.05, 4.69) is 37.5 Å². The van der Waals surface area contributed by atoms with Crippen molar-refractivity contribution in [2.45, 2.75) is 38.5 Å². The van der Waals surface area contributed by atoms with Crippen molar-refractivity contribution in [3.63, 3.8) is 0 Å². The molecule has 0 heterocycles. The molecule has 1 unspecified atom stereocenters. The van der Waals surface area contributed by atoms with Crippen molar-refractivity contribution in [3.8, 4) is 17.6 Å². The van der Waals surface area contributed by atoms with E-state index in [1.54, 1.807) is 7.11 Å². The summed E-state index contributed by atoms with van der Waals surface area (Å²) < 4.78 is 5.17. The second-order valence-electron chi connectivity index (χ2n) is 4.27. The van der Waals surface area contributed by atoms with Crippen LogP contribution in [-0.4, -0.2) is 7.11 Å². The van der Waals surface area contributed by atoms with Crippen LogP contribution in [0, 0.1) is 11.8 Å². The largest absolute Gasteiger partial charge is 0.497 e. The van der Waals surface area contributed by atoms with Crippen molar-refractivity contribution in [2.24, 2.45) is 0 Å². The van der Waals surface area contributed by atoms with Gasteiger partial charge in [0.05, 0.1) is 7.11 Å². The van der Waals surface area contributed by atoms with Crippen molar-refractivity contribution < 1.29 is 4.74 Å². The SMILES string of the molecule is C=CCC(C#CCCCC)c1ccc(OC)cc1. The van der Waals surface area contributed by atoms with Gasteiger partial charge in [0, 0.05) is 12.3 Å². The molecule has 1 heteroatoms. The van der Waals surface area contributed by atoms with E-state index in [1.807, 2.05) is 18.2 Å². The number of unbranched alkanes of at least 4 members (excludes halogenated alkanes) is 2. The van der Waals surface area contributed by atoms with Crippen LogP contribution in [0.2, 0.25) is 0 Å². The molecular weight excluding hydrogens is 220 g/mol. The number of allylic oxidation sites excluding steroid dienone is 1. The fourth-order valence-corrected chi connectivity index (χ4v) is 1.74. The highest BCUT2D eigenvalue weighted by molar-refractivity contribution is 5.34. The van der Waals surface area contributed by atoms with E-state index < -0.39 is 0 Å². The molecule has 0 saturated carbocycles. The van der Waals surface area contributed by atoms with Gasteiger partial charge < -0.3 is 4.74 Å². The third kappa shape index (κ3) is 4.67. The molecule has 0 aliphatic heterocycles. The molecule has 1 rings (SSSR count). The number of hydrogen-bond donors (Lipinski definition) is 0.